The summed E-state index contributed by atoms with van der Waals surface area (Å²) in [5.41, 5.74) is 5.23. The first-order valence-corrected chi connectivity index (χ1v) is 6.13. The number of hydrogen-bond donors (Lipinski definition) is 3. The second-order valence-electron chi connectivity index (χ2n) is 4.60. The van der Waals surface area contributed by atoms with Crippen LogP contribution in [0.15, 0.2) is 0 Å². The molecule has 0 rings (SSSR count). The summed E-state index contributed by atoms with van der Waals surface area (Å²) in [6.45, 7) is 6.04. The minimum absolute atomic E-state index is 0.0546. The van der Waals surface area contributed by atoms with Crippen LogP contribution in [0.4, 0.5) is 0 Å². The van der Waals surface area contributed by atoms with E-state index in [0.717, 1.165) is 12.8 Å². The first-order chi connectivity index (χ1) is 7.92. The van der Waals surface area contributed by atoms with Crippen LogP contribution in [0, 0.1) is 11.8 Å². The van der Waals surface area contributed by atoms with Gasteiger partial charge >= 0.3 is 5.97 Å². The fourth-order valence-electron chi connectivity index (χ4n) is 1.94. The van der Waals surface area contributed by atoms with Gasteiger partial charge in [0, 0.05) is 6.04 Å². The second kappa shape index (κ2) is 8.06. The van der Waals surface area contributed by atoms with Crippen LogP contribution in [0.1, 0.15) is 40.0 Å². The molecule has 0 radical (unpaired) electrons. The van der Waals surface area contributed by atoms with Crippen LogP contribution in [0.25, 0.3) is 0 Å². The molecule has 0 unspecified atom stereocenters. The molecule has 5 heteroatoms. The first-order valence-electron chi connectivity index (χ1n) is 6.13. The van der Waals surface area contributed by atoms with Crippen molar-refractivity contribution in [1.29, 1.82) is 0 Å². The average Bonchev–Trinajstić information content (AvgIpc) is 2.26. The van der Waals surface area contributed by atoms with Gasteiger partial charge in [-0.15, -0.1) is 0 Å². The largest absolute Gasteiger partial charge is 0.481 e. The fourth-order valence-corrected chi connectivity index (χ4v) is 1.94. The second-order valence-corrected chi connectivity index (χ2v) is 4.60. The third kappa shape index (κ3) is 6.26. The van der Waals surface area contributed by atoms with Gasteiger partial charge in [0.25, 0.3) is 0 Å². The highest BCUT2D eigenvalue weighted by Gasteiger charge is 2.25. The van der Waals surface area contributed by atoms with Crippen LogP contribution in [0.5, 0.6) is 0 Å². The number of carboxylic acid groups (broad SMARTS) is 1. The molecule has 0 aromatic carbocycles. The molecular weight excluding hydrogens is 220 g/mol. The Labute approximate surface area is 103 Å². The monoisotopic (exact) mass is 244 g/mol. The predicted octanol–water partition coefficient (Wildman–Crippen LogP) is 0.977. The molecule has 100 valence electrons. The highest BCUT2D eigenvalue weighted by atomic mass is 16.4. The molecule has 0 aromatic rings. The summed E-state index contributed by atoms with van der Waals surface area (Å²) in [5, 5.41) is 11.5. The summed E-state index contributed by atoms with van der Waals surface area (Å²) in [5.74, 6) is -0.696. The lowest BCUT2D eigenvalue weighted by atomic mass is 9.84. The highest BCUT2D eigenvalue weighted by Crippen LogP contribution is 2.22. The standard InChI is InChI=1S/C12H24N2O3/c1-4-5-8(2)9(3)10(6-12(16)17)14-11(15)7-13/h8-10H,4-7,13H2,1-3H3,(H,14,15)(H,16,17)/t8-,9-,10-/m1/s1. The Bertz CT molecular complexity index is 256. The molecule has 0 heterocycles. The van der Waals surface area contributed by atoms with E-state index in [1.54, 1.807) is 0 Å². The summed E-state index contributed by atoms with van der Waals surface area (Å²) in [4.78, 5) is 22.0. The Morgan fingerprint density at radius 3 is 2.35 bits per heavy atom. The molecule has 0 saturated heterocycles. The lowest BCUT2D eigenvalue weighted by Crippen LogP contribution is -2.45. The number of nitrogens with one attached hydrogen (secondary N) is 1. The van der Waals surface area contributed by atoms with Gasteiger partial charge in [-0.1, -0.05) is 33.6 Å². The van der Waals surface area contributed by atoms with Gasteiger partial charge in [-0.05, 0) is 11.8 Å². The third-order valence-corrected chi connectivity index (χ3v) is 3.20. The molecule has 17 heavy (non-hydrogen) atoms. The van der Waals surface area contributed by atoms with Crippen LogP contribution >= 0.6 is 0 Å². The van der Waals surface area contributed by atoms with E-state index in [2.05, 4.69) is 19.2 Å². The molecular formula is C12H24N2O3. The molecule has 0 aromatic heterocycles. The summed E-state index contributed by atoms with van der Waals surface area (Å²) in [6, 6.07) is -0.343. The smallest absolute Gasteiger partial charge is 0.305 e. The van der Waals surface area contributed by atoms with E-state index in [0.29, 0.717) is 5.92 Å². The number of hydrogen-bond acceptors (Lipinski definition) is 3. The van der Waals surface area contributed by atoms with Crippen molar-refractivity contribution >= 4 is 11.9 Å². The van der Waals surface area contributed by atoms with Gasteiger partial charge in [-0.3, -0.25) is 9.59 Å². The molecule has 0 spiro atoms. The number of amides is 1. The topological polar surface area (TPSA) is 92.4 Å². The number of carbonyl (C=O) groups excluding carboxylic acids is 1. The van der Waals surface area contributed by atoms with E-state index in [9.17, 15) is 9.59 Å². The number of nitrogens with two attached hydrogens (primary N) is 1. The van der Waals surface area contributed by atoms with Gasteiger partial charge in [0.15, 0.2) is 0 Å². The summed E-state index contributed by atoms with van der Waals surface area (Å²) >= 11 is 0. The van der Waals surface area contributed by atoms with Crippen LogP contribution in [-0.4, -0.2) is 29.6 Å². The SMILES string of the molecule is CCC[C@@H](C)[C@@H](C)[C@@H](CC(=O)O)NC(=O)CN. The van der Waals surface area contributed by atoms with Crippen LogP contribution < -0.4 is 11.1 Å². The maximum Gasteiger partial charge on any atom is 0.305 e. The van der Waals surface area contributed by atoms with Crippen molar-refractivity contribution in [2.75, 3.05) is 6.54 Å². The first kappa shape index (κ1) is 15.9. The van der Waals surface area contributed by atoms with Crippen molar-refractivity contribution in [2.45, 2.75) is 46.1 Å². The molecule has 4 N–H and O–H groups in total. The molecule has 3 atom stereocenters. The van der Waals surface area contributed by atoms with Gasteiger partial charge in [-0.25, -0.2) is 0 Å². The Morgan fingerprint density at radius 1 is 1.35 bits per heavy atom. The van der Waals surface area contributed by atoms with E-state index in [1.165, 1.54) is 0 Å². The van der Waals surface area contributed by atoms with Crippen molar-refractivity contribution in [3.05, 3.63) is 0 Å². The molecule has 0 bridgehead atoms. The molecule has 5 nitrogen and oxygen atoms in total. The van der Waals surface area contributed by atoms with Crippen molar-refractivity contribution in [1.82, 2.24) is 5.32 Å². The Hall–Kier alpha value is -1.10. The lowest BCUT2D eigenvalue weighted by Gasteiger charge is -2.28. The van der Waals surface area contributed by atoms with Crippen molar-refractivity contribution in [3.63, 3.8) is 0 Å². The van der Waals surface area contributed by atoms with E-state index < -0.39 is 5.97 Å². The zero-order valence-corrected chi connectivity index (χ0v) is 10.9. The van der Waals surface area contributed by atoms with Gasteiger partial charge < -0.3 is 16.2 Å². The van der Waals surface area contributed by atoms with Gasteiger partial charge in [0.1, 0.15) is 0 Å². The number of rotatable bonds is 8. The molecule has 0 aliphatic rings. The lowest BCUT2D eigenvalue weighted by molar-refractivity contribution is -0.138. The number of carboxylic acids is 1. The Morgan fingerprint density at radius 2 is 1.94 bits per heavy atom. The summed E-state index contributed by atoms with van der Waals surface area (Å²) in [7, 11) is 0. The molecule has 0 aliphatic heterocycles. The molecule has 1 amide bonds. The third-order valence-electron chi connectivity index (χ3n) is 3.20. The van der Waals surface area contributed by atoms with Gasteiger partial charge in [0.05, 0.1) is 13.0 Å². The Kier molecular flexibility index (Phi) is 7.54. The normalized spacial score (nSPS) is 16.0. The number of aliphatic carboxylic acids is 1. The summed E-state index contributed by atoms with van der Waals surface area (Å²) < 4.78 is 0. The molecule has 0 aliphatic carbocycles. The quantitative estimate of drug-likeness (QED) is 0.593. The maximum atomic E-state index is 11.3. The minimum Gasteiger partial charge on any atom is -0.481 e. The van der Waals surface area contributed by atoms with Crippen LogP contribution in [-0.2, 0) is 9.59 Å². The Balaban J connectivity index is 4.53. The van der Waals surface area contributed by atoms with E-state index in [1.807, 2.05) is 6.92 Å². The minimum atomic E-state index is -0.900. The number of carbonyl (C=O) groups is 2. The highest BCUT2D eigenvalue weighted by molar-refractivity contribution is 5.79. The van der Waals surface area contributed by atoms with Crippen molar-refractivity contribution in [3.8, 4) is 0 Å². The average molecular weight is 244 g/mol. The van der Waals surface area contributed by atoms with Crippen LogP contribution in [0.3, 0.4) is 0 Å². The van der Waals surface area contributed by atoms with Crippen LogP contribution in [0.2, 0.25) is 0 Å². The predicted molar refractivity (Wildman–Crippen MR) is 66.5 cm³/mol. The van der Waals surface area contributed by atoms with Crippen molar-refractivity contribution in [2.24, 2.45) is 17.6 Å². The zero-order valence-electron chi connectivity index (χ0n) is 10.9. The van der Waals surface area contributed by atoms with Gasteiger partial charge in [0.2, 0.25) is 5.91 Å². The van der Waals surface area contributed by atoms with E-state index >= 15 is 0 Å². The molecule has 0 saturated carbocycles. The summed E-state index contributed by atoms with van der Waals surface area (Å²) in [6.07, 6.45) is 2.02. The fraction of sp³-hybridized carbons (Fsp3) is 0.833. The van der Waals surface area contributed by atoms with E-state index in [-0.39, 0.29) is 30.8 Å². The van der Waals surface area contributed by atoms with Crippen molar-refractivity contribution < 1.29 is 14.7 Å². The van der Waals surface area contributed by atoms with Gasteiger partial charge in [-0.2, -0.15) is 0 Å². The van der Waals surface area contributed by atoms with E-state index in [4.69, 9.17) is 10.8 Å². The maximum absolute atomic E-state index is 11.3. The zero-order chi connectivity index (χ0) is 13.4. The molecule has 0 fully saturated rings.